The normalized spacial score (nSPS) is 11.4. The standard InChI is InChI=1S/C17H22FN5O2S/c1-3-22(4-2)10-9-19-20-11-14-15(24)21-17(26)23(16(14)25)13-7-5-12(18)6-8-13/h5-8,11,19,25H,3-4,9-10H2,1-2H3,(H,21,24,26). The Morgan fingerprint density at radius 3 is 2.62 bits per heavy atom. The zero-order valence-corrected chi connectivity index (χ0v) is 15.5. The topological polar surface area (TPSA) is 85.7 Å². The fraction of sp³-hybridized carbons (Fsp3) is 0.353. The Bertz CT molecular complexity index is 872. The summed E-state index contributed by atoms with van der Waals surface area (Å²) >= 11 is 5.10. The summed E-state index contributed by atoms with van der Waals surface area (Å²) < 4.78 is 14.4. The van der Waals surface area contributed by atoms with Crippen LogP contribution in [-0.2, 0) is 0 Å². The van der Waals surface area contributed by atoms with Gasteiger partial charge in [0, 0.05) is 13.1 Å². The van der Waals surface area contributed by atoms with Gasteiger partial charge in [0.2, 0.25) is 5.88 Å². The second kappa shape index (κ2) is 9.25. The molecule has 0 aliphatic heterocycles. The number of hydrazone groups is 1. The molecule has 1 heterocycles. The van der Waals surface area contributed by atoms with Crippen LogP contribution in [0.2, 0.25) is 0 Å². The average molecular weight is 379 g/mol. The van der Waals surface area contributed by atoms with E-state index < -0.39 is 11.4 Å². The molecule has 0 fully saturated rings. The highest BCUT2D eigenvalue weighted by molar-refractivity contribution is 7.71. The number of hydrogen-bond donors (Lipinski definition) is 3. The van der Waals surface area contributed by atoms with Gasteiger partial charge in [-0.1, -0.05) is 13.8 Å². The first-order valence-corrected chi connectivity index (χ1v) is 8.71. The summed E-state index contributed by atoms with van der Waals surface area (Å²) in [5.41, 5.74) is 2.67. The van der Waals surface area contributed by atoms with Crippen molar-refractivity contribution in [3.8, 4) is 11.6 Å². The number of aromatic amines is 1. The number of H-pyrrole nitrogens is 1. The molecule has 9 heteroatoms. The maximum absolute atomic E-state index is 13.1. The van der Waals surface area contributed by atoms with Gasteiger partial charge in [0.05, 0.1) is 11.9 Å². The third-order valence-corrected chi connectivity index (χ3v) is 4.21. The number of rotatable bonds is 8. The van der Waals surface area contributed by atoms with Crippen LogP contribution in [0, 0.1) is 10.6 Å². The van der Waals surface area contributed by atoms with Crippen molar-refractivity contribution in [2.24, 2.45) is 5.10 Å². The van der Waals surface area contributed by atoms with Gasteiger partial charge in [0.1, 0.15) is 11.4 Å². The number of likely N-dealkylation sites (N-methyl/N-ethyl adjacent to an activating group) is 1. The molecule has 2 aromatic rings. The smallest absolute Gasteiger partial charge is 0.264 e. The van der Waals surface area contributed by atoms with E-state index in [9.17, 15) is 14.3 Å². The van der Waals surface area contributed by atoms with Gasteiger partial charge >= 0.3 is 0 Å². The van der Waals surface area contributed by atoms with Crippen molar-refractivity contribution in [1.29, 1.82) is 0 Å². The van der Waals surface area contributed by atoms with Crippen molar-refractivity contribution in [3.63, 3.8) is 0 Å². The van der Waals surface area contributed by atoms with Gasteiger partial charge in [-0.25, -0.2) is 4.39 Å². The van der Waals surface area contributed by atoms with Crippen LogP contribution >= 0.6 is 12.2 Å². The Kier molecular flexibility index (Phi) is 7.05. The van der Waals surface area contributed by atoms with Crippen LogP contribution in [0.4, 0.5) is 4.39 Å². The number of nitrogens with one attached hydrogen (secondary N) is 2. The average Bonchev–Trinajstić information content (AvgIpc) is 2.62. The minimum Gasteiger partial charge on any atom is -0.494 e. The lowest BCUT2D eigenvalue weighted by Gasteiger charge is -2.17. The molecule has 0 unspecified atom stereocenters. The predicted molar refractivity (Wildman–Crippen MR) is 102 cm³/mol. The van der Waals surface area contributed by atoms with Gasteiger partial charge in [0.25, 0.3) is 5.56 Å². The van der Waals surface area contributed by atoms with Crippen LogP contribution in [-0.4, -0.2) is 52.0 Å². The molecular formula is C17H22FN5O2S. The molecule has 1 aromatic carbocycles. The van der Waals surface area contributed by atoms with Crippen molar-refractivity contribution < 1.29 is 9.50 Å². The van der Waals surface area contributed by atoms with Crippen LogP contribution < -0.4 is 11.0 Å². The molecule has 0 atom stereocenters. The third-order valence-electron chi connectivity index (χ3n) is 3.92. The summed E-state index contributed by atoms with van der Waals surface area (Å²) in [5.74, 6) is -0.775. The summed E-state index contributed by atoms with van der Waals surface area (Å²) in [6, 6.07) is 5.38. The molecule has 0 radical (unpaired) electrons. The molecule has 0 aliphatic carbocycles. The van der Waals surface area contributed by atoms with Gasteiger partial charge in [-0.2, -0.15) is 5.10 Å². The van der Waals surface area contributed by atoms with E-state index in [1.54, 1.807) is 0 Å². The van der Waals surface area contributed by atoms with Gasteiger partial charge in [-0.3, -0.25) is 14.3 Å². The molecule has 26 heavy (non-hydrogen) atoms. The lowest BCUT2D eigenvalue weighted by Crippen LogP contribution is -2.30. The lowest BCUT2D eigenvalue weighted by molar-refractivity contribution is 0.303. The first kappa shape index (κ1) is 19.8. The summed E-state index contributed by atoms with van der Waals surface area (Å²) in [5, 5.41) is 14.4. The number of halogens is 1. The van der Waals surface area contributed by atoms with Crippen LogP contribution in [0.5, 0.6) is 5.88 Å². The second-order valence-electron chi connectivity index (χ2n) is 5.50. The lowest BCUT2D eigenvalue weighted by atomic mass is 10.3. The van der Waals surface area contributed by atoms with E-state index in [-0.39, 0.29) is 16.2 Å². The maximum atomic E-state index is 13.1. The van der Waals surface area contributed by atoms with Crippen molar-refractivity contribution in [1.82, 2.24) is 19.9 Å². The molecular weight excluding hydrogens is 357 g/mol. The fourth-order valence-electron chi connectivity index (χ4n) is 2.41. The quantitative estimate of drug-likeness (QED) is 0.283. The van der Waals surface area contributed by atoms with Crippen LogP contribution in [0.15, 0.2) is 34.2 Å². The zero-order chi connectivity index (χ0) is 19.1. The van der Waals surface area contributed by atoms with Crippen LogP contribution in [0.1, 0.15) is 19.4 Å². The van der Waals surface area contributed by atoms with E-state index in [4.69, 9.17) is 12.2 Å². The minimum absolute atomic E-state index is 0.00532. The summed E-state index contributed by atoms with van der Waals surface area (Å²) in [6.45, 7) is 7.46. The summed E-state index contributed by atoms with van der Waals surface area (Å²) in [4.78, 5) is 16.8. The van der Waals surface area contributed by atoms with E-state index in [0.29, 0.717) is 12.2 Å². The molecule has 140 valence electrons. The second-order valence-corrected chi connectivity index (χ2v) is 5.89. The van der Waals surface area contributed by atoms with Crippen molar-refractivity contribution in [3.05, 3.63) is 50.8 Å². The van der Waals surface area contributed by atoms with E-state index >= 15 is 0 Å². The number of hydrogen-bond acceptors (Lipinski definition) is 6. The molecule has 2 rings (SSSR count). The van der Waals surface area contributed by atoms with Crippen LogP contribution in [0.25, 0.3) is 5.69 Å². The first-order valence-electron chi connectivity index (χ1n) is 8.30. The predicted octanol–water partition coefficient (Wildman–Crippen LogP) is 2.01. The van der Waals surface area contributed by atoms with E-state index in [2.05, 4.69) is 34.3 Å². The molecule has 0 aliphatic rings. The highest BCUT2D eigenvalue weighted by Gasteiger charge is 2.12. The molecule has 0 spiro atoms. The first-order chi connectivity index (χ1) is 12.5. The molecule has 0 saturated heterocycles. The van der Waals surface area contributed by atoms with E-state index in [1.807, 2.05) is 0 Å². The van der Waals surface area contributed by atoms with E-state index in [1.165, 1.54) is 35.0 Å². The molecule has 0 saturated carbocycles. The fourth-order valence-corrected chi connectivity index (χ4v) is 2.69. The maximum Gasteiger partial charge on any atom is 0.264 e. The number of aromatic hydroxyl groups is 1. The van der Waals surface area contributed by atoms with Crippen molar-refractivity contribution >= 4 is 18.4 Å². The Morgan fingerprint density at radius 2 is 2.00 bits per heavy atom. The minimum atomic E-state index is -0.555. The van der Waals surface area contributed by atoms with Gasteiger partial charge in [-0.05, 0) is 49.6 Å². The molecule has 3 N–H and O–H groups in total. The van der Waals surface area contributed by atoms with Crippen LogP contribution in [0.3, 0.4) is 0 Å². The number of nitrogens with zero attached hydrogens (tertiary/aromatic N) is 3. The molecule has 1 aromatic heterocycles. The molecule has 0 amide bonds. The highest BCUT2D eigenvalue weighted by atomic mass is 32.1. The molecule has 0 bridgehead atoms. The molecule has 7 nitrogen and oxygen atoms in total. The van der Waals surface area contributed by atoms with Gasteiger partial charge < -0.3 is 15.4 Å². The Morgan fingerprint density at radius 1 is 1.35 bits per heavy atom. The third kappa shape index (κ3) is 4.77. The van der Waals surface area contributed by atoms with Gasteiger partial charge in [0.15, 0.2) is 4.77 Å². The Labute approximate surface area is 155 Å². The largest absolute Gasteiger partial charge is 0.494 e. The zero-order valence-electron chi connectivity index (χ0n) is 14.7. The highest BCUT2D eigenvalue weighted by Crippen LogP contribution is 2.18. The monoisotopic (exact) mass is 379 g/mol. The number of benzene rings is 1. The number of aromatic nitrogens is 2. The van der Waals surface area contributed by atoms with Crippen molar-refractivity contribution in [2.75, 3.05) is 26.2 Å². The summed E-state index contributed by atoms with van der Waals surface area (Å²) in [7, 11) is 0. The SMILES string of the molecule is CCN(CC)CCNN=Cc1c(O)n(-c2ccc(F)cc2)c(=S)[nH]c1=O. The summed E-state index contributed by atoms with van der Waals surface area (Å²) in [6.07, 6.45) is 1.24. The van der Waals surface area contributed by atoms with Gasteiger partial charge in [-0.15, -0.1) is 0 Å². The Balaban J connectivity index is 2.23. The van der Waals surface area contributed by atoms with E-state index in [0.717, 1.165) is 19.6 Å². The van der Waals surface area contributed by atoms with Crippen molar-refractivity contribution in [2.45, 2.75) is 13.8 Å². The Hall–Kier alpha value is -2.52.